The number of hydrogen-bond donors (Lipinski definition) is 0. The van der Waals surface area contributed by atoms with E-state index in [-0.39, 0.29) is 17.9 Å². The summed E-state index contributed by atoms with van der Waals surface area (Å²) in [6.07, 6.45) is 1.52. The maximum absolute atomic E-state index is 12.1. The van der Waals surface area contributed by atoms with Gasteiger partial charge in [0.15, 0.2) is 5.78 Å². The molecule has 0 aromatic carbocycles. The number of hydrogen-bond acceptors (Lipinski definition) is 5. The SMILES string of the molecule is CN(C)c1cnn(CC(=O)c2cc(Cl)sc2Cl)c(=O)c1. The van der Waals surface area contributed by atoms with Crippen molar-refractivity contribution in [1.82, 2.24) is 9.78 Å². The molecule has 0 spiro atoms. The predicted molar refractivity (Wildman–Crippen MR) is 81.5 cm³/mol. The Balaban J connectivity index is 2.24. The van der Waals surface area contributed by atoms with E-state index < -0.39 is 0 Å². The smallest absolute Gasteiger partial charge is 0.269 e. The normalized spacial score (nSPS) is 10.6. The molecule has 0 saturated heterocycles. The Labute approximate surface area is 129 Å². The van der Waals surface area contributed by atoms with Crippen molar-refractivity contribution in [3.05, 3.63) is 42.9 Å². The molecule has 2 rings (SSSR count). The number of ketones is 1. The van der Waals surface area contributed by atoms with E-state index in [1.54, 1.807) is 19.0 Å². The van der Waals surface area contributed by atoms with Gasteiger partial charge in [0.1, 0.15) is 10.9 Å². The maximum atomic E-state index is 12.1. The van der Waals surface area contributed by atoms with Gasteiger partial charge in [-0.25, -0.2) is 4.68 Å². The Morgan fingerprint density at radius 1 is 1.40 bits per heavy atom. The third kappa shape index (κ3) is 3.20. The van der Waals surface area contributed by atoms with Gasteiger partial charge in [0.25, 0.3) is 5.56 Å². The molecule has 8 heteroatoms. The van der Waals surface area contributed by atoms with Crippen LogP contribution in [0.25, 0.3) is 0 Å². The second-order valence-corrected chi connectivity index (χ2v) is 6.55. The standard InChI is InChI=1S/C12H11Cl2N3O2S/c1-16(2)7-3-11(19)17(15-5-7)6-9(18)8-4-10(13)20-12(8)14/h3-5H,6H2,1-2H3. The summed E-state index contributed by atoms with van der Waals surface area (Å²) in [5.41, 5.74) is 0.643. The lowest BCUT2D eigenvalue weighted by molar-refractivity contribution is 0.0966. The van der Waals surface area contributed by atoms with Crippen molar-refractivity contribution in [2.45, 2.75) is 6.54 Å². The van der Waals surface area contributed by atoms with Crippen LogP contribution >= 0.6 is 34.5 Å². The van der Waals surface area contributed by atoms with Crippen molar-refractivity contribution in [3.63, 3.8) is 0 Å². The molecule has 0 N–H and O–H groups in total. The first-order chi connectivity index (χ1) is 9.38. The average Bonchev–Trinajstić information content (AvgIpc) is 2.70. The number of halogens is 2. The third-order valence-corrected chi connectivity index (χ3v) is 4.11. The van der Waals surface area contributed by atoms with Crippen LogP contribution in [0.1, 0.15) is 10.4 Å². The van der Waals surface area contributed by atoms with Crippen LogP contribution in [0, 0.1) is 0 Å². The van der Waals surface area contributed by atoms with Crippen molar-refractivity contribution in [3.8, 4) is 0 Å². The first kappa shape index (κ1) is 15.0. The van der Waals surface area contributed by atoms with E-state index in [9.17, 15) is 9.59 Å². The predicted octanol–water partition coefficient (Wildman–Crippen LogP) is 2.56. The largest absolute Gasteiger partial charge is 0.376 e. The highest BCUT2D eigenvalue weighted by Gasteiger charge is 2.16. The summed E-state index contributed by atoms with van der Waals surface area (Å²) in [6, 6.07) is 2.92. The van der Waals surface area contributed by atoms with E-state index in [2.05, 4.69) is 5.10 Å². The minimum Gasteiger partial charge on any atom is -0.376 e. The fourth-order valence-corrected chi connectivity index (χ4v) is 3.04. The molecule has 0 aliphatic heterocycles. The van der Waals surface area contributed by atoms with Gasteiger partial charge in [-0.3, -0.25) is 9.59 Å². The molecule has 0 amide bonds. The van der Waals surface area contributed by atoms with Crippen LogP contribution < -0.4 is 10.5 Å². The summed E-state index contributed by atoms with van der Waals surface area (Å²) in [4.78, 5) is 25.7. The van der Waals surface area contributed by atoms with Gasteiger partial charge < -0.3 is 4.90 Å². The number of aromatic nitrogens is 2. The highest BCUT2D eigenvalue weighted by Crippen LogP contribution is 2.31. The lowest BCUT2D eigenvalue weighted by atomic mass is 10.2. The number of anilines is 1. The Hall–Kier alpha value is -1.37. The number of Topliss-reactive ketones (excluding diaryl/α,β-unsaturated/α-hetero) is 1. The molecule has 0 radical (unpaired) electrons. The Bertz CT molecular complexity index is 709. The summed E-state index contributed by atoms with van der Waals surface area (Å²) in [6.45, 7) is -0.167. The average molecular weight is 332 g/mol. The monoisotopic (exact) mass is 331 g/mol. The van der Waals surface area contributed by atoms with Crippen molar-refractivity contribution in [2.75, 3.05) is 19.0 Å². The summed E-state index contributed by atoms with van der Waals surface area (Å²) >= 11 is 12.8. The van der Waals surface area contributed by atoms with E-state index in [1.165, 1.54) is 18.3 Å². The minimum absolute atomic E-state index is 0.167. The highest BCUT2D eigenvalue weighted by molar-refractivity contribution is 7.20. The zero-order chi connectivity index (χ0) is 14.9. The lowest BCUT2D eigenvalue weighted by Gasteiger charge is -2.12. The first-order valence-electron chi connectivity index (χ1n) is 5.61. The number of carbonyl (C=O) groups is 1. The van der Waals surface area contributed by atoms with Gasteiger partial charge in [0, 0.05) is 20.2 Å². The Morgan fingerprint density at radius 2 is 2.10 bits per heavy atom. The molecule has 2 heterocycles. The van der Waals surface area contributed by atoms with Crippen LogP contribution in [0.4, 0.5) is 5.69 Å². The van der Waals surface area contributed by atoms with Gasteiger partial charge in [-0.2, -0.15) is 5.10 Å². The van der Waals surface area contributed by atoms with Gasteiger partial charge >= 0.3 is 0 Å². The molecule has 0 aliphatic carbocycles. The van der Waals surface area contributed by atoms with Gasteiger partial charge in [-0.1, -0.05) is 23.2 Å². The summed E-state index contributed by atoms with van der Waals surface area (Å²) < 4.78 is 1.84. The van der Waals surface area contributed by atoms with Crippen LogP contribution in [0.15, 0.2) is 23.1 Å². The summed E-state index contributed by atoms with van der Waals surface area (Å²) in [7, 11) is 3.61. The van der Waals surface area contributed by atoms with E-state index in [1.807, 2.05) is 0 Å². The van der Waals surface area contributed by atoms with E-state index >= 15 is 0 Å². The maximum Gasteiger partial charge on any atom is 0.269 e. The van der Waals surface area contributed by atoms with Gasteiger partial charge in [0.05, 0.1) is 21.8 Å². The molecule has 106 valence electrons. The minimum atomic E-state index is -0.345. The molecule has 5 nitrogen and oxygen atoms in total. The van der Waals surface area contributed by atoms with Gasteiger partial charge in [-0.15, -0.1) is 11.3 Å². The Kier molecular flexibility index (Phi) is 4.47. The van der Waals surface area contributed by atoms with Gasteiger partial charge in [0.2, 0.25) is 0 Å². The van der Waals surface area contributed by atoms with E-state index in [0.29, 0.717) is 19.9 Å². The summed E-state index contributed by atoms with van der Waals surface area (Å²) in [5.74, 6) is -0.301. The zero-order valence-corrected chi connectivity index (χ0v) is 13.1. The number of nitrogens with zero attached hydrogens (tertiary/aromatic N) is 3. The number of thiophene rings is 1. The molecule has 0 atom stereocenters. The van der Waals surface area contributed by atoms with Gasteiger partial charge in [-0.05, 0) is 6.07 Å². The zero-order valence-electron chi connectivity index (χ0n) is 10.8. The van der Waals surface area contributed by atoms with Crippen LogP contribution in [-0.4, -0.2) is 29.7 Å². The molecule has 20 heavy (non-hydrogen) atoms. The van der Waals surface area contributed by atoms with Crippen molar-refractivity contribution in [1.29, 1.82) is 0 Å². The lowest BCUT2D eigenvalue weighted by Crippen LogP contribution is -2.27. The first-order valence-corrected chi connectivity index (χ1v) is 7.18. The topological polar surface area (TPSA) is 55.2 Å². The second kappa shape index (κ2) is 5.95. The van der Waals surface area contributed by atoms with Crippen molar-refractivity contribution < 1.29 is 4.79 Å². The van der Waals surface area contributed by atoms with Crippen molar-refractivity contribution >= 4 is 46.0 Å². The molecule has 0 bridgehead atoms. The second-order valence-electron chi connectivity index (χ2n) is 4.27. The fraction of sp³-hybridized carbons (Fsp3) is 0.250. The van der Waals surface area contributed by atoms with Crippen LogP contribution in [0.2, 0.25) is 8.67 Å². The molecule has 2 aromatic rings. The molecule has 0 unspecified atom stereocenters. The van der Waals surface area contributed by atoms with Crippen LogP contribution in [-0.2, 0) is 6.54 Å². The Morgan fingerprint density at radius 3 is 2.60 bits per heavy atom. The van der Waals surface area contributed by atoms with Crippen LogP contribution in [0.3, 0.4) is 0 Å². The van der Waals surface area contributed by atoms with Crippen molar-refractivity contribution in [2.24, 2.45) is 0 Å². The molecule has 2 aromatic heterocycles. The number of rotatable bonds is 4. The fourth-order valence-electron chi connectivity index (χ4n) is 1.54. The van der Waals surface area contributed by atoms with E-state index in [0.717, 1.165) is 16.0 Å². The molecular formula is C12H11Cl2N3O2S. The third-order valence-electron chi connectivity index (χ3n) is 2.62. The molecular weight excluding hydrogens is 321 g/mol. The summed E-state index contributed by atoms with van der Waals surface area (Å²) in [5, 5.41) is 3.97. The quantitative estimate of drug-likeness (QED) is 0.808. The molecule has 0 saturated carbocycles. The highest BCUT2D eigenvalue weighted by atomic mass is 35.5. The van der Waals surface area contributed by atoms with Crippen LogP contribution in [0.5, 0.6) is 0 Å². The number of carbonyl (C=O) groups excluding carboxylic acids is 1. The molecule has 0 fully saturated rings. The van der Waals surface area contributed by atoms with E-state index in [4.69, 9.17) is 23.2 Å². The molecule has 0 aliphatic rings.